The first-order valence-corrected chi connectivity index (χ1v) is 11.5. The van der Waals surface area contributed by atoms with E-state index >= 15 is 0 Å². The Morgan fingerprint density at radius 1 is 1.00 bits per heavy atom. The summed E-state index contributed by atoms with van der Waals surface area (Å²) in [7, 11) is 0. The fraction of sp³-hybridized carbons (Fsp3) is 0.261. The minimum absolute atomic E-state index is 0.118. The third-order valence-electron chi connectivity index (χ3n) is 4.45. The van der Waals surface area contributed by atoms with Crippen LogP contribution in [0, 0.1) is 0 Å². The van der Waals surface area contributed by atoms with Gasteiger partial charge in [0.25, 0.3) is 5.22 Å². The highest BCUT2D eigenvalue weighted by molar-refractivity contribution is 7.98. The second-order valence-corrected chi connectivity index (χ2v) is 9.69. The van der Waals surface area contributed by atoms with E-state index in [9.17, 15) is 0 Å². The summed E-state index contributed by atoms with van der Waals surface area (Å²) in [5.74, 6) is 2.05. The Kier molecular flexibility index (Phi) is 6.20. The fourth-order valence-electron chi connectivity index (χ4n) is 2.78. The van der Waals surface area contributed by atoms with Crippen LogP contribution >= 0.6 is 23.1 Å². The summed E-state index contributed by atoms with van der Waals surface area (Å²) in [6.45, 7) is 7.05. The van der Waals surface area contributed by atoms with Gasteiger partial charge in [0, 0.05) is 16.7 Å². The highest BCUT2D eigenvalue weighted by Crippen LogP contribution is 2.28. The van der Waals surface area contributed by atoms with Crippen molar-refractivity contribution < 1.29 is 9.15 Å². The molecule has 2 aromatic heterocycles. The SMILES string of the molecule is CC(C)(C)c1ccc(-c2nnc(SCc3csc(COc4ccccc4)n3)o2)cc1. The highest BCUT2D eigenvalue weighted by atomic mass is 32.2. The molecule has 0 aliphatic rings. The largest absolute Gasteiger partial charge is 0.486 e. The number of rotatable bonds is 7. The van der Waals surface area contributed by atoms with Crippen molar-refractivity contribution in [2.24, 2.45) is 0 Å². The number of thioether (sulfide) groups is 1. The van der Waals surface area contributed by atoms with Gasteiger partial charge in [-0.25, -0.2) is 4.98 Å². The summed E-state index contributed by atoms with van der Waals surface area (Å²) >= 11 is 3.08. The van der Waals surface area contributed by atoms with Gasteiger partial charge in [-0.1, -0.05) is 62.9 Å². The van der Waals surface area contributed by atoms with Gasteiger partial charge in [0.05, 0.1) is 5.69 Å². The van der Waals surface area contributed by atoms with E-state index in [1.807, 2.05) is 47.8 Å². The molecular formula is C23H23N3O2S2. The molecule has 4 aromatic rings. The second kappa shape index (κ2) is 9.02. The van der Waals surface area contributed by atoms with E-state index in [1.54, 1.807) is 11.3 Å². The second-order valence-electron chi connectivity index (χ2n) is 7.82. The van der Waals surface area contributed by atoms with Crippen LogP contribution in [0.3, 0.4) is 0 Å². The molecule has 0 bridgehead atoms. The zero-order valence-corrected chi connectivity index (χ0v) is 18.8. The smallest absolute Gasteiger partial charge is 0.277 e. The molecule has 4 rings (SSSR count). The van der Waals surface area contributed by atoms with Gasteiger partial charge in [0.15, 0.2) is 0 Å². The summed E-state index contributed by atoms with van der Waals surface area (Å²) < 4.78 is 11.6. The molecule has 0 amide bonds. The topological polar surface area (TPSA) is 61.0 Å². The fourth-order valence-corrected chi connectivity index (χ4v) is 4.24. The van der Waals surface area contributed by atoms with Crippen molar-refractivity contribution in [2.75, 3.05) is 0 Å². The Hall–Kier alpha value is -2.64. The minimum atomic E-state index is 0.118. The zero-order chi connectivity index (χ0) is 21.0. The van der Waals surface area contributed by atoms with Crippen molar-refractivity contribution in [2.45, 2.75) is 43.8 Å². The Morgan fingerprint density at radius 2 is 1.77 bits per heavy atom. The maximum absolute atomic E-state index is 5.82. The predicted molar refractivity (Wildman–Crippen MR) is 121 cm³/mol. The number of ether oxygens (including phenoxy) is 1. The lowest BCUT2D eigenvalue weighted by atomic mass is 9.87. The first-order valence-electron chi connectivity index (χ1n) is 9.66. The molecule has 2 aromatic carbocycles. The first kappa shape index (κ1) is 20.6. The molecule has 2 heterocycles. The monoisotopic (exact) mass is 437 g/mol. The molecule has 0 aliphatic carbocycles. The molecule has 0 fully saturated rings. The summed E-state index contributed by atoms with van der Waals surface area (Å²) in [5.41, 5.74) is 3.30. The molecular weight excluding hydrogens is 414 g/mol. The maximum Gasteiger partial charge on any atom is 0.277 e. The average Bonchev–Trinajstić information content (AvgIpc) is 3.40. The van der Waals surface area contributed by atoms with Crippen molar-refractivity contribution >= 4 is 23.1 Å². The molecule has 0 aliphatic heterocycles. The number of hydrogen-bond donors (Lipinski definition) is 0. The van der Waals surface area contributed by atoms with Crippen molar-refractivity contribution in [3.63, 3.8) is 0 Å². The number of hydrogen-bond acceptors (Lipinski definition) is 7. The summed E-state index contributed by atoms with van der Waals surface area (Å²) in [5, 5.41) is 11.9. The molecule has 0 unspecified atom stereocenters. The lowest BCUT2D eigenvalue weighted by molar-refractivity contribution is 0.305. The van der Waals surface area contributed by atoms with Gasteiger partial charge < -0.3 is 9.15 Å². The minimum Gasteiger partial charge on any atom is -0.486 e. The van der Waals surface area contributed by atoms with E-state index in [-0.39, 0.29) is 5.41 Å². The van der Waals surface area contributed by atoms with Crippen LogP contribution in [-0.4, -0.2) is 15.2 Å². The van der Waals surface area contributed by atoms with E-state index < -0.39 is 0 Å². The van der Waals surface area contributed by atoms with Gasteiger partial charge in [-0.15, -0.1) is 21.5 Å². The van der Waals surface area contributed by atoms with Crippen LogP contribution in [0.25, 0.3) is 11.5 Å². The van der Waals surface area contributed by atoms with E-state index in [1.165, 1.54) is 17.3 Å². The first-order chi connectivity index (χ1) is 14.5. The lowest BCUT2D eigenvalue weighted by Gasteiger charge is -2.18. The van der Waals surface area contributed by atoms with Gasteiger partial charge in [-0.3, -0.25) is 0 Å². The van der Waals surface area contributed by atoms with Crippen LogP contribution in [-0.2, 0) is 17.8 Å². The van der Waals surface area contributed by atoms with Crippen molar-refractivity contribution in [1.29, 1.82) is 0 Å². The summed E-state index contributed by atoms with van der Waals surface area (Å²) in [4.78, 5) is 4.62. The van der Waals surface area contributed by atoms with E-state index in [0.29, 0.717) is 23.5 Å². The van der Waals surface area contributed by atoms with E-state index in [2.05, 4.69) is 48.1 Å². The maximum atomic E-state index is 5.82. The van der Waals surface area contributed by atoms with Crippen LogP contribution in [0.1, 0.15) is 37.0 Å². The van der Waals surface area contributed by atoms with Gasteiger partial charge >= 0.3 is 0 Å². The average molecular weight is 438 g/mol. The van der Waals surface area contributed by atoms with Crippen LogP contribution in [0.5, 0.6) is 5.75 Å². The van der Waals surface area contributed by atoms with Gasteiger partial charge in [0.1, 0.15) is 17.4 Å². The molecule has 0 atom stereocenters. The number of aromatic nitrogens is 3. The third kappa shape index (κ3) is 5.29. The molecule has 0 saturated heterocycles. The number of thiazole rings is 1. The Labute approximate surface area is 184 Å². The Balaban J connectivity index is 1.32. The number of benzene rings is 2. The van der Waals surface area contributed by atoms with Crippen LogP contribution in [0.4, 0.5) is 0 Å². The molecule has 0 spiro atoms. The van der Waals surface area contributed by atoms with E-state index in [0.717, 1.165) is 22.0 Å². The third-order valence-corrected chi connectivity index (χ3v) is 6.18. The van der Waals surface area contributed by atoms with Gasteiger partial charge in [-0.2, -0.15) is 0 Å². The normalized spacial score (nSPS) is 11.6. The van der Waals surface area contributed by atoms with E-state index in [4.69, 9.17) is 9.15 Å². The highest BCUT2D eigenvalue weighted by Gasteiger charge is 2.15. The zero-order valence-electron chi connectivity index (χ0n) is 17.2. The molecule has 0 radical (unpaired) electrons. The standard InChI is InChI=1S/C23H23N3O2S2/c1-23(2,3)17-11-9-16(10-12-17)21-25-26-22(28-21)30-15-18-14-29-20(24-18)13-27-19-7-5-4-6-8-19/h4-12,14H,13,15H2,1-3H3. The van der Waals surface area contributed by atoms with Crippen molar-refractivity contribution in [3.8, 4) is 17.2 Å². The van der Waals surface area contributed by atoms with Crippen molar-refractivity contribution in [3.05, 3.63) is 76.2 Å². The molecule has 7 heteroatoms. The molecule has 0 N–H and O–H groups in total. The lowest BCUT2D eigenvalue weighted by Crippen LogP contribution is -2.10. The van der Waals surface area contributed by atoms with Crippen LogP contribution in [0.15, 0.2) is 69.6 Å². The number of nitrogens with zero attached hydrogens (tertiary/aromatic N) is 3. The Bertz CT molecular complexity index is 1080. The summed E-state index contributed by atoms with van der Waals surface area (Å²) in [6.07, 6.45) is 0. The molecule has 30 heavy (non-hydrogen) atoms. The van der Waals surface area contributed by atoms with Gasteiger partial charge in [-0.05, 0) is 35.2 Å². The van der Waals surface area contributed by atoms with Gasteiger partial charge in [0.2, 0.25) is 5.89 Å². The molecule has 0 saturated carbocycles. The molecule has 5 nitrogen and oxygen atoms in total. The van der Waals surface area contributed by atoms with Crippen LogP contribution in [0.2, 0.25) is 0 Å². The molecule has 154 valence electrons. The van der Waals surface area contributed by atoms with Crippen molar-refractivity contribution in [1.82, 2.24) is 15.2 Å². The van der Waals surface area contributed by atoms with Crippen LogP contribution < -0.4 is 4.74 Å². The summed E-state index contributed by atoms with van der Waals surface area (Å²) in [6, 6.07) is 18.0. The predicted octanol–water partition coefficient (Wildman–Crippen LogP) is 6.36. The Morgan fingerprint density at radius 3 is 2.50 bits per heavy atom. The number of para-hydroxylation sites is 1. The quantitative estimate of drug-likeness (QED) is 0.313.